The molecule has 3 heteroatoms. The second kappa shape index (κ2) is 6.89. The molecule has 1 heterocycles. The van der Waals surface area contributed by atoms with Crippen molar-refractivity contribution in [3.63, 3.8) is 0 Å². The van der Waals surface area contributed by atoms with Crippen molar-refractivity contribution in [3.05, 3.63) is 60.1 Å². The molecular weight excluding hydrogens is 212 g/mol. The van der Waals surface area contributed by atoms with Crippen LogP contribution in [0.2, 0.25) is 0 Å². The zero-order chi connectivity index (χ0) is 11.8. The highest BCUT2D eigenvalue weighted by Gasteiger charge is 1.94. The number of hydrogen-bond donors (Lipinski definition) is 2. The average Bonchev–Trinajstić information content (AvgIpc) is 2.88. The summed E-state index contributed by atoms with van der Waals surface area (Å²) in [5, 5.41) is 6.71. The van der Waals surface area contributed by atoms with Crippen molar-refractivity contribution < 1.29 is 4.42 Å². The number of benzene rings is 1. The first kappa shape index (κ1) is 11.9. The predicted molar refractivity (Wildman–Crippen MR) is 68.6 cm³/mol. The van der Waals surface area contributed by atoms with Crippen molar-refractivity contribution in [2.75, 3.05) is 13.1 Å². The van der Waals surface area contributed by atoms with Crippen molar-refractivity contribution in [3.8, 4) is 0 Å². The quantitative estimate of drug-likeness (QED) is 0.716. The van der Waals surface area contributed by atoms with Crippen LogP contribution in [-0.4, -0.2) is 13.1 Å². The van der Waals surface area contributed by atoms with Gasteiger partial charge in [-0.05, 0) is 17.7 Å². The van der Waals surface area contributed by atoms with Gasteiger partial charge in [0, 0.05) is 19.6 Å². The molecule has 1 aromatic heterocycles. The summed E-state index contributed by atoms with van der Waals surface area (Å²) < 4.78 is 5.23. The van der Waals surface area contributed by atoms with Crippen LogP contribution in [0, 0.1) is 0 Å². The van der Waals surface area contributed by atoms with E-state index in [1.807, 2.05) is 18.2 Å². The zero-order valence-electron chi connectivity index (χ0n) is 9.86. The molecule has 0 unspecified atom stereocenters. The molecular formula is C14H18N2O. The maximum Gasteiger partial charge on any atom is 0.117 e. The molecule has 0 bridgehead atoms. The van der Waals surface area contributed by atoms with Gasteiger partial charge in [0.25, 0.3) is 0 Å². The number of rotatable bonds is 7. The van der Waals surface area contributed by atoms with Crippen LogP contribution in [-0.2, 0) is 13.1 Å². The lowest BCUT2D eigenvalue weighted by Crippen LogP contribution is -2.26. The first-order chi connectivity index (χ1) is 8.45. The van der Waals surface area contributed by atoms with Crippen LogP contribution in [0.5, 0.6) is 0 Å². The standard InChI is InChI=1S/C14H18N2O/c1-2-5-13(6-3-1)11-15-8-9-16-12-14-7-4-10-17-14/h1-7,10,15-16H,8-9,11-12H2. The fourth-order valence-electron chi connectivity index (χ4n) is 1.63. The van der Waals surface area contributed by atoms with Crippen LogP contribution in [0.15, 0.2) is 53.1 Å². The van der Waals surface area contributed by atoms with E-state index in [0.29, 0.717) is 0 Å². The molecule has 2 rings (SSSR count). The van der Waals surface area contributed by atoms with Crippen molar-refractivity contribution in [1.82, 2.24) is 10.6 Å². The van der Waals surface area contributed by atoms with Gasteiger partial charge < -0.3 is 15.1 Å². The van der Waals surface area contributed by atoms with Gasteiger partial charge in [0.1, 0.15) is 5.76 Å². The van der Waals surface area contributed by atoms with Crippen LogP contribution >= 0.6 is 0 Å². The Balaban J connectivity index is 1.52. The Bertz CT molecular complexity index is 397. The number of nitrogens with one attached hydrogen (secondary N) is 2. The lowest BCUT2D eigenvalue weighted by atomic mass is 10.2. The van der Waals surface area contributed by atoms with E-state index in [9.17, 15) is 0 Å². The fraction of sp³-hybridized carbons (Fsp3) is 0.286. The van der Waals surface area contributed by atoms with Crippen LogP contribution in [0.1, 0.15) is 11.3 Å². The van der Waals surface area contributed by atoms with Crippen LogP contribution in [0.4, 0.5) is 0 Å². The number of furan rings is 1. The van der Waals surface area contributed by atoms with E-state index in [4.69, 9.17) is 4.42 Å². The summed E-state index contributed by atoms with van der Waals surface area (Å²) in [5.74, 6) is 0.980. The maximum atomic E-state index is 5.23. The van der Waals surface area contributed by atoms with Gasteiger partial charge in [-0.1, -0.05) is 30.3 Å². The van der Waals surface area contributed by atoms with E-state index in [-0.39, 0.29) is 0 Å². The molecule has 0 aliphatic rings. The summed E-state index contributed by atoms with van der Waals surface area (Å²) in [7, 11) is 0. The average molecular weight is 230 g/mol. The molecule has 0 radical (unpaired) electrons. The fourth-order valence-corrected chi connectivity index (χ4v) is 1.63. The Morgan fingerprint density at radius 3 is 2.29 bits per heavy atom. The molecule has 0 spiro atoms. The molecule has 1 aromatic carbocycles. The maximum absolute atomic E-state index is 5.23. The minimum Gasteiger partial charge on any atom is -0.468 e. The van der Waals surface area contributed by atoms with Gasteiger partial charge in [-0.15, -0.1) is 0 Å². The zero-order valence-corrected chi connectivity index (χ0v) is 9.86. The molecule has 90 valence electrons. The largest absolute Gasteiger partial charge is 0.468 e. The third-order valence-electron chi connectivity index (χ3n) is 2.53. The molecule has 0 aliphatic carbocycles. The molecule has 3 nitrogen and oxygen atoms in total. The summed E-state index contributed by atoms with van der Waals surface area (Å²) in [6.45, 7) is 3.60. The van der Waals surface area contributed by atoms with E-state index in [2.05, 4.69) is 34.9 Å². The third-order valence-corrected chi connectivity index (χ3v) is 2.53. The van der Waals surface area contributed by atoms with E-state index in [0.717, 1.165) is 31.9 Å². The van der Waals surface area contributed by atoms with E-state index in [1.54, 1.807) is 6.26 Å². The minimum absolute atomic E-state index is 0.792. The van der Waals surface area contributed by atoms with Crippen LogP contribution in [0.3, 0.4) is 0 Å². The Hall–Kier alpha value is -1.58. The SMILES string of the molecule is c1ccc(CNCCNCc2ccco2)cc1. The molecule has 17 heavy (non-hydrogen) atoms. The van der Waals surface area contributed by atoms with Crippen LogP contribution in [0.25, 0.3) is 0 Å². The molecule has 0 aliphatic heterocycles. The van der Waals surface area contributed by atoms with Crippen molar-refractivity contribution in [2.24, 2.45) is 0 Å². The summed E-state index contributed by atoms with van der Waals surface area (Å²) in [6, 6.07) is 14.3. The normalized spacial score (nSPS) is 10.6. The van der Waals surface area contributed by atoms with Gasteiger partial charge in [-0.2, -0.15) is 0 Å². The summed E-state index contributed by atoms with van der Waals surface area (Å²) in [4.78, 5) is 0. The van der Waals surface area contributed by atoms with Gasteiger partial charge in [0.2, 0.25) is 0 Å². The Morgan fingerprint density at radius 2 is 1.59 bits per heavy atom. The summed E-state index contributed by atoms with van der Waals surface area (Å²) >= 11 is 0. The van der Waals surface area contributed by atoms with Crippen molar-refractivity contribution in [1.29, 1.82) is 0 Å². The topological polar surface area (TPSA) is 37.2 Å². The van der Waals surface area contributed by atoms with Gasteiger partial charge >= 0.3 is 0 Å². The highest BCUT2D eigenvalue weighted by molar-refractivity contribution is 5.14. The third kappa shape index (κ3) is 4.43. The smallest absolute Gasteiger partial charge is 0.117 e. The Labute approximate surface area is 102 Å². The number of hydrogen-bond acceptors (Lipinski definition) is 3. The lowest BCUT2D eigenvalue weighted by Gasteiger charge is -2.05. The van der Waals surface area contributed by atoms with E-state index in [1.165, 1.54) is 5.56 Å². The highest BCUT2D eigenvalue weighted by atomic mass is 16.3. The predicted octanol–water partition coefficient (Wildman–Crippen LogP) is 2.16. The highest BCUT2D eigenvalue weighted by Crippen LogP contribution is 1.98. The lowest BCUT2D eigenvalue weighted by molar-refractivity contribution is 0.480. The summed E-state index contributed by atoms with van der Waals surface area (Å²) in [5.41, 5.74) is 1.32. The van der Waals surface area contributed by atoms with E-state index >= 15 is 0 Å². The second-order valence-corrected chi connectivity index (χ2v) is 3.92. The molecule has 0 atom stereocenters. The molecule has 2 aromatic rings. The summed E-state index contributed by atoms with van der Waals surface area (Å²) in [6.07, 6.45) is 1.70. The molecule has 0 saturated carbocycles. The molecule has 0 amide bonds. The molecule has 0 fully saturated rings. The second-order valence-electron chi connectivity index (χ2n) is 3.92. The van der Waals surface area contributed by atoms with Gasteiger partial charge in [0.05, 0.1) is 12.8 Å². The van der Waals surface area contributed by atoms with Crippen LogP contribution < -0.4 is 10.6 Å². The van der Waals surface area contributed by atoms with E-state index < -0.39 is 0 Å². The Morgan fingerprint density at radius 1 is 0.824 bits per heavy atom. The molecule has 2 N–H and O–H groups in total. The van der Waals surface area contributed by atoms with Gasteiger partial charge in [0.15, 0.2) is 0 Å². The minimum atomic E-state index is 0.792. The first-order valence-electron chi connectivity index (χ1n) is 5.93. The van der Waals surface area contributed by atoms with Crippen molar-refractivity contribution >= 4 is 0 Å². The van der Waals surface area contributed by atoms with Crippen molar-refractivity contribution in [2.45, 2.75) is 13.1 Å². The first-order valence-corrected chi connectivity index (χ1v) is 5.93. The van der Waals surface area contributed by atoms with Gasteiger partial charge in [-0.3, -0.25) is 0 Å². The van der Waals surface area contributed by atoms with Gasteiger partial charge in [-0.25, -0.2) is 0 Å². The monoisotopic (exact) mass is 230 g/mol. The Kier molecular flexibility index (Phi) is 4.82. The molecule has 0 saturated heterocycles.